The summed E-state index contributed by atoms with van der Waals surface area (Å²) in [7, 11) is -3.80. The normalized spacial score (nSPS) is 11.6. The van der Waals surface area contributed by atoms with E-state index >= 15 is 0 Å². The quantitative estimate of drug-likeness (QED) is 0.700. The van der Waals surface area contributed by atoms with Crippen LogP contribution in [0.2, 0.25) is 10.0 Å². The number of hydrogen-bond donors (Lipinski definition) is 2. The number of carbonyl (C=O) groups is 1. The van der Waals surface area contributed by atoms with Gasteiger partial charge in [-0.25, -0.2) is 8.42 Å². The predicted octanol–water partition coefficient (Wildman–Crippen LogP) is 3.86. The van der Waals surface area contributed by atoms with Crippen LogP contribution in [0.15, 0.2) is 41.3 Å². The van der Waals surface area contributed by atoms with E-state index in [2.05, 4.69) is 5.32 Å². The third-order valence-electron chi connectivity index (χ3n) is 3.78. The summed E-state index contributed by atoms with van der Waals surface area (Å²) in [5, 5.41) is 3.09. The standard InChI is InChI=1S/C17H19Cl2N3O3S/c1-3-22(4-2)26(24,25)16-9-11(5-7-13(16)19)17(23)21-15-10-12(18)6-8-14(15)20/h5-10H,3-4,20H2,1-2H3,(H,21,23). The van der Waals surface area contributed by atoms with Crippen LogP contribution in [0.1, 0.15) is 24.2 Å². The van der Waals surface area contributed by atoms with Crippen LogP contribution in [0.25, 0.3) is 0 Å². The summed E-state index contributed by atoms with van der Waals surface area (Å²) >= 11 is 12.0. The molecule has 0 spiro atoms. The Morgan fingerprint density at radius 2 is 1.77 bits per heavy atom. The van der Waals surface area contributed by atoms with Gasteiger partial charge in [0.05, 0.1) is 16.4 Å². The van der Waals surface area contributed by atoms with Crippen LogP contribution in [-0.2, 0) is 10.0 Å². The number of carbonyl (C=O) groups excluding carboxylic acids is 1. The molecule has 140 valence electrons. The number of nitrogen functional groups attached to an aromatic ring is 1. The Hall–Kier alpha value is -1.80. The Balaban J connectivity index is 2.40. The van der Waals surface area contributed by atoms with Crippen molar-refractivity contribution in [1.29, 1.82) is 0 Å². The van der Waals surface area contributed by atoms with Crippen LogP contribution in [0, 0.1) is 0 Å². The molecule has 0 heterocycles. The maximum absolute atomic E-state index is 12.7. The van der Waals surface area contributed by atoms with E-state index in [9.17, 15) is 13.2 Å². The first-order valence-corrected chi connectivity index (χ1v) is 10.1. The molecule has 0 aliphatic heterocycles. The molecule has 0 aliphatic rings. The van der Waals surface area contributed by atoms with Crippen molar-refractivity contribution in [2.24, 2.45) is 0 Å². The predicted molar refractivity (Wildman–Crippen MR) is 105 cm³/mol. The fourth-order valence-corrected chi connectivity index (χ4v) is 4.51. The van der Waals surface area contributed by atoms with Gasteiger partial charge in [0.15, 0.2) is 0 Å². The fourth-order valence-electron chi connectivity index (χ4n) is 2.38. The molecule has 3 N–H and O–H groups in total. The number of benzene rings is 2. The molecule has 9 heteroatoms. The maximum atomic E-state index is 12.7. The molecule has 0 radical (unpaired) electrons. The van der Waals surface area contributed by atoms with Crippen molar-refractivity contribution in [3.8, 4) is 0 Å². The highest BCUT2D eigenvalue weighted by Gasteiger charge is 2.25. The van der Waals surface area contributed by atoms with Gasteiger partial charge in [-0.1, -0.05) is 37.0 Å². The summed E-state index contributed by atoms with van der Waals surface area (Å²) in [6.45, 7) is 4.05. The van der Waals surface area contributed by atoms with E-state index in [1.807, 2.05) is 0 Å². The molecule has 0 aromatic heterocycles. The second kappa shape index (κ2) is 8.26. The van der Waals surface area contributed by atoms with Crippen LogP contribution in [-0.4, -0.2) is 31.7 Å². The molecular formula is C17H19Cl2N3O3S. The third-order valence-corrected chi connectivity index (χ3v) is 6.55. The number of amides is 1. The topological polar surface area (TPSA) is 92.5 Å². The second-order valence-corrected chi connectivity index (χ2v) is 8.17. The number of anilines is 2. The zero-order valence-electron chi connectivity index (χ0n) is 14.3. The van der Waals surface area contributed by atoms with E-state index in [1.54, 1.807) is 26.0 Å². The van der Waals surface area contributed by atoms with Gasteiger partial charge in [-0.05, 0) is 36.4 Å². The van der Waals surface area contributed by atoms with Gasteiger partial charge < -0.3 is 11.1 Å². The first-order chi connectivity index (χ1) is 12.2. The van der Waals surface area contributed by atoms with Gasteiger partial charge in [0.25, 0.3) is 5.91 Å². The molecule has 0 bridgehead atoms. The lowest BCUT2D eigenvalue weighted by molar-refractivity contribution is 0.102. The van der Waals surface area contributed by atoms with E-state index in [0.717, 1.165) is 0 Å². The van der Waals surface area contributed by atoms with Crippen molar-refractivity contribution >= 4 is 50.5 Å². The molecule has 26 heavy (non-hydrogen) atoms. The number of nitrogens with one attached hydrogen (secondary N) is 1. The van der Waals surface area contributed by atoms with E-state index in [4.69, 9.17) is 28.9 Å². The van der Waals surface area contributed by atoms with Crippen molar-refractivity contribution in [2.75, 3.05) is 24.1 Å². The summed E-state index contributed by atoms with van der Waals surface area (Å²) in [5.41, 5.74) is 6.64. The summed E-state index contributed by atoms with van der Waals surface area (Å²) in [4.78, 5) is 12.4. The van der Waals surface area contributed by atoms with Crippen molar-refractivity contribution in [3.63, 3.8) is 0 Å². The first kappa shape index (κ1) is 20.5. The summed E-state index contributed by atoms with van der Waals surface area (Å²) in [6, 6.07) is 8.76. The summed E-state index contributed by atoms with van der Waals surface area (Å²) in [6.07, 6.45) is 0. The molecular weight excluding hydrogens is 397 g/mol. The van der Waals surface area contributed by atoms with E-state index < -0.39 is 15.9 Å². The molecule has 0 fully saturated rings. The Morgan fingerprint density at radius 3 is 2.38 bits per heavy atom. The molecule has 1 amide bonds. The molecule has 0 atom stereocenters. The first-order valence-electron chi connectivity index (χ1n) is 7.86. The number of nitrogens with two attached hydrogens (primary N) is 1. The second-order valence-electron chi connectivity index (χ2n) is 5.42. The highest BCUT2D eigenvalue weighted by molar-refractivity contribution is 7.89. The van der Waals surface area contributed by atoms with E-state index in [-0.39, 0.29) is 15.5 Å². The van der Waals surface area contributed by atoms with Crippen LogP contribution in [0.3, 0.4) is 0 Å². The monoisotopic (exact) mass is 415 g/mol. The minimum Gasteiger partial charge on any atom is -0.397 e. The van der Waals surface area contributed by atoms with E-state index in [0.29, 0.717) is 29.5 Å². The lowest BCUT2D eigenvalue weighted by atomic mass is 10.2. The van der Waals surface area contributed by atoms with E-state index in [1.165, 1.54) is 28.6 Å². The lowest BCUT2D eigenvalue weighted by Crippen LogP contribution is -2.31. The molecule has 0 aliphatic carbocycles. The smallest absolute Gasteiger partial charge is 0.255 e. The zero-order chi connectivity index (χ0) is 19.5. The van der Waals surface area contributed by atoms with Gasteiger partial charge >= 0.3 is 0 Å². The molecule has 0 unspecified atom stereocenters. The van der Waals surface area contributed by atoms with Crippen LogP contribution in [0.4, 0.5) is 11.4 Å². The zero-order valence-corrected chi connectivity index (χ0v) is 16.6. The van der Waals surface area contributed by atoms with Crippen molar-refractivity contribution < 1.29 is 13.2 Å². The van der Waals surface area contributed by atoms with Gasteiger partial charge in [-0.2, -0.15) is 4.31 Å². The van der Waals surface area contributed by atoms with Crippen molar-refractivity contribution in [1.82, 2.24) is 4.31 Å². The van der Waals surface area contributed by atoms with Crippen LogP contribution < -0.4 is 11.1 Å². The van der Waals surface area contributed by atoms with Gasteiger partial charge in [-0.15, -0.1) is 0 Å². The molecule has 2 rings (SSSR count). The Kier molecular flexibility index (Phi) is 6.52. The molecule has 2 aromatic rings. The highest BCUT2D eigenvalue weighted by Crippen LogP contribution is 2.27. The Morgan fingerprint density at radius 1 is 1.12 bits per heavy atom. The van der Waals surface area contributed by atoms with Gasteiger partial charge in [0.2, 0.25) is 10.0 Å². The summed E-state index contributed by atoms with van der Waals surface area (Å²) in [5.74, 6) is -0.522. The highest BCUT2D eigenvalue weighted by atomic mass is 35.5. The third kappa shape index (κ3) is 4.29. The summed E-state index contributed by atoms with van der Waals surface area (Å²) < 4.78 is 26.7. The van der Waals surface area contributed by atoms with Gasteiger partial charge in [-0.3, -0.25) is 4.79 Å². The van der Waals surface area contributed by atoms with Crippen LogP contribution >= 0.6 is 23.2 Å². The fraction of sp³-hybridized carbons (Fsp3) is 0.235. The average Bonchev–Trinajstić information content (AvgIpc) is 2.59. The largest absolute Gasteiger partial charge is 0.397 e. The number of rotatable bonds is 6. The molecule has 0 saturated heterocycles. The number of sulfonamides is 1. The molecule has 2 aromatic carbocycles. The molecule has 6 nitrogen and oxygen atoms in total. The Labute approximate surface area is 162 Å². The minimum atomic E-state index is -3.80. The minimum absolute atomic E-state index is 0.0516. The molecule has 0 saturated carbocycles. The number of halogens is 2. The average molecular weight is 416 g/mol. The SMILES string of the molecule is CCN(CC)S(=O)(=O)c1cc(C(=O)Nc2cc(Cl)ccc2N)ccc1Cl. The van der Waals surface area contributed by atoms with Gasteiger partial charge in [0, 0.05) is 23.7 Å². The van der Waals surface area contributed by atoms with Crippen LogP contribution in [0.5, 0.6) is 0 Å². The number of hydrogen-bond acceptors (Lipinski definition) is 4. The van der Waals surface area contributed by atoms with Crippen molar-refractivity contribution in [3.05, 3.63) is 52.0 Å². The Bertz CT molecular complexity index is 929. The van der Waals surface area contributed by atoms with Gasteiger partial charge in [0.1, 0.15) is 4.90 Å². The lowest BCUT2D eigenvalue weighted by Gasteiger charge is -2.19. The number of nitrogens with zero attached hydrogens (tertiary/aromatic N) is 1. The maximum Gasteiger partial charge on any atom is 0.255 e. The van der Waals surface area contributed by atoms with Crippen molar-refractivity contribution in [2.45, 2.75) is 18.7 Å².